The third kappa shape index (κ3) is 4.33. The van der Waals surface area contributed by atoms with Crippen molar-refractivity contribution in [2.45, 2.75) is 25.4 Å². The molecule has 3 N–H and O–H groups in total. The van der Waals surface area contributed by atoms with Crippen molar-refractivity contribution in [2.24, 2.45) is 5.73 Å². The Labute approximate surface area is 125 Å². The molecule has 2 rings (SSSR count). The molecule has 0 amide bonds. The van der Waals surface area contributed by atoms with E-state index >= 15 is 0 Å². The summed E-state index contributed by atoms with van der Waals surface area (Å²) in [5, 5.41) is 4.65. The zero-order valence-corrected chi connectivity index (χ0v) is 12.6. The molecule has 1 unspecified atom stereocenters. The number of hydrogen-bond donors (Lipinski definition) is 2. The van der Waals surface area contributed by atoms with Gasteiger partial charge < -0.3 is 11.1 Å². The van der Waals surface area contributed by atoms with Crippen molar-refractivity contribution >= 4 is 23.2 Å². The number of aryl methyl sites for hydroxylation is 1. The second-order valence-corrected chi connectivity index (χ2v) is 5.74. The SMILES string of the molecule is NC(CCCc1cccc(Cl)c1Cl)N1CCNCC1. The van der Waals surface area contributed by atoms with Gasteiger partial charge in [0.05, 0.1) is 16.2 Å². The Kier molecular flexibility index (Phi) is 5.92. The number of rotatable bonds is 5. The minimum Gasteiger partial charge on any atom is -0.316 e. The Morgan fingerprint density at radius 1 is 1.26 bits per heavy atom. The van der Waals surface area contributed by atoms with Gasteiger partial charge in [-0.15, -0.1) is 0 Å². The van der Waals surface area contributed by atoms with Gasteiger partial charge in [-0.3, -0.25) is 4.90 Å². The van der Waals surface area contributed by atoms with E-state index in [-0.39, 0.29) is 6.17 Å². The highest BCUT2D eigenvalue weighted by atomic mass is 35.5. The van der Waals surface area contributed by atoms with Crippen LogP contribution in [0.15, 0.2) is 18.2 Å². The van der Waals surface area contributed by atoms with Crippen LogP contribution >= 0.6 is 23.2 Å². The van der Waals surface area contributed by atoms with E-state index in [4.69, 9.17) is 28.9 Å². The molecule has 0 spiro atoms. The molecule has 1 fully saturated rings. The van der Waals surface area contributed by atoms with Crippen molar-refractivity contribution in [1.82, 2.24) is 10.2 Å². The molecular formula is C14H21Cl2N3. The van der Waals surface area contributed by atoms with E-state index in [1.54, 1.807) is 0 Å². The van der Waals surface area contributed by atoms with Gasteiger partial charge in [-0.05, 0) is 30.9 Å². The van der Waals surface area contributed by atoms with Gasteiger partial charge in [0.25, 0.3) is 0 Å². The van der Waals surface area contributed by atoms with Crippen LogP contribution in [-0.4, -0.2) is 37.2 Å². The number of benzene rings is 1. The Bertz CT molecular complexity index is 406. The molecule has 0 bridgehead atoms. The van der Waals surface area contributed by atoms with E-state index in [2.05, 4.69) is 10.2 Å². The van der Waals surface area contributed by atoms with Gasteiger partial charge in [-0.25, -0.2) is 0 Å². The molecule has 1 aromatic carbocycles. The summed E-state index contributed by atoms with van der Waals surface area (Å²) in [7, 11) is 0. The van der Waals surface area contributed by atoms with Crippen LogP contribution in [0.5, 0.6) is 0 Å². The maximum atomic E-state index is 6.22. The van der Waals surface area contributed by atoms with Crippen LogP contribution in [0.1, 0.15) is 18.4 Å². The van der Waals surface area contributed by atoms with Crippen molar-refractivity contribution in [3.8, 4) is 0 Å². The van der Waals surface area contributed by atoms with Gasteiger partial charge in [0.2, 0.25) is 0 Å². The number of halogens is 2. The molecule has 0 radical (unpaired) electrons. The number of hydrogen-bond acceptors (Lipinski definition) is 3. The smallest absolute Gasteiger partial charge is 0.0624 e. The first-order valence-corrected chi connectivity index (χ1v) is 7.57. The molecule has 1 atom stereocenters. The van der Waals surface area contributed by atoms with Gasteiger partial charge >= 0.3 is 0 Å². The molecule has 5 heteroatoms. The first-order chi connectivity index (χ1) is 9.18. The summed E-state index contributed by atoms with van der Waals surface area (Å²) >= 11 is 12.2. The molecule has 0 aliphatic carbocycles. The van der Waals surface area contributed by atoms with Gasteiger partial charge in [0, 0.05) is 26.2 Å². The first kappa shape index (κ1) is 15.1. The van der Waals surface area contributed by atoms with E-state index < -0.39 is 0 Å². The normalized spacial score (nSPS) is 18.5. The van der Waals surface area contributed by atoms with E-state index in [0.717, 1.165) is 51.0 Å². The molecule has 0 saturated carbocycles. The minimum absolute atomic E-state index is 0.153. The fraction of sp³-hybridized carbons (Fsp3) is 0.571. The van der Waals surface area contributed by atoms with E-state index in [1.807, 2.05) is 18.2 Å². The lowest BCUT2D eigenvalue weighted by Gasteiger charge is -2.32. The summed E-state index contributed by atoms with van der Waals surface area (Å²) in [6.07, 6.45) is 3.10. The summed E-state index contributed by atoms with van der Waals surface area (Å²) in [4.78, 5) is 2.34. The summed E-state index contributed by atoms with van der Waals surface area (Å²) in [6, 6.07) is 5.80. The summed E-state index contributed by atoms with van der Waals surface area (Å²) in [5.41, 5.74) is 7.33. The van der Waals surface area contributed by atoms with Crippen molar-refractivity contribution < 1.29 is 0 Å². The largest absolute Gasteiger partial charge is 0.316 e. The highest BCUT2D eigenvalue weighted by Crippen LogP contribution is 2.26. The molecule has 19 heavy (non-hydrogen) atoms. The van der Waals surface area contributed by atoms with Gasteiger partial charge in [-0.1, -0.05) is 35.3 Å². The second-order valence-electron chi connectivity index (χ2n) is 4.96. The zero-order chi connectivity index (χ0) is 13.7. The van der Waals surface area contributed by atoms with Crippen LogP contribution in [0.25, 0.3) is 0 Å². The Morgan fingerprint density at radius 3 is 2.74 bits per heavy atom. The number of nitrogens with two attached hydrogens (primary N) is 1. The molecule has 3 nitrogen and oxygen atoms in total. The molecule has 1 aliphatic rings. The first-order valence-electron chi connectivity index (χ1n) is 6.81. The van der Waals surface area contributed by atoms with E-state index in [0.29, 0.717) is 10.0 Å². The number of piperazine rings is 1. The van der Waals surface area contributed by atoms with Crippen molar-refractivity contribution in [3.05, 3.63) is 33.8 Å². The van der Waals surface area contributed by atoms with E-state index in [9.17, 15) is 0 Å². The lowest BCUT2D eigenvalue weighted by molar-refractivity contribution is 0.166. The molecule has 1 aliphatic heterocycles. The fourth-order valence-electron chi connectivity index (χ4n) is 2.44. The number of nitrogens with one attached hydrogen (secondary N) is 1. The fourth-order valence-corrected chi connectivity index (χ4v) is 2.85. The maximum absolute atomic E-state index is 6.22. The number of nitrogens with zero attached hydrogens (tertiary/aromatic N) is 1. The third-order valence-corrected chi connectivity index (χ3v) is 4.46. The standard InChI is InChI=1S/C14H21Cl2N3/c15-12-5-1-3-11(14(12)16)4-2-6-13(17)19-9-7-18-8-10-19/h1,3,5,13,18H,2,4,6-10,17H2. The van der Waals surface area contributed by atoms with Gasteiger partial charge in [0.15, 0.2) is 0 Å². The van der Waals surface area contributed by atoms with Crippen LogP contribution in [-0.2, 0) is 6.42 Å². The molecule has 1 heterocycles. The van der Waals surface area contributed by atoms with Crippen LogP contribution in [0, 0.1) is 0 Å². The summed E-state index contributed by atoms with van der Waals surface area (Å²) in [6.45, 7) is 4.15. The Balaban J connectivity index is 1.78. The maximum Gasteiger partial charge on any atom is 0.0624 e. The predicted octanol–water partition coefficient (Wildman–Crippen LogP) is 2.51. The molecule has 1 saturated heterocycles. The quantitative estimate of drug-likeness (QED) is 0.878. The average Bonchev–Trinajstić information content (AvgIpc) is 2.44. The van der Waals surface area contributed by atoms with Crippen LogP contribution in [0.3, 0.4) is 0 Å². The summed E-state index contributed by atoms with van der Waals surface area (Å²) in [5.74, 6) is 0. The lowest BCUT2D eigenvalue weighted by Crippen LogP contribution is -2.51. The average molecular weight is 302 g/mol. The van der Waals surface area contributed by atoms with Crippen molar-refractivity contribution in [2.75, 3.05) is 26.2 Å². The predicted molar refractivity (Wildman–Crippen MR) is 81.8 cm³/mol. The third-order valence-electron chi connectivity index (χ3n) is 3.60. The molecular weight excluding hydrogens is 281 g/mol. The van der Waals surface area contributed by atoms with Crippen molar-refractivity contribution in [3.63, 3.8) is 0 Å². The van der Waals surface area contributed by atoms with E-state index in [1.165, 1.54) is 0 Å². The van der Waals surface area contributed by atoms with Gasteiger partial charge in [-0.2, -0.15) is 0 Å². The highest BCUT2D eigenvalue weighted by molar-refractivity contribution is 6.42. The summed E-state index contributed by atoms with van der Waals surface area (Å²) < 4.78 is 0. The van der Waals surface area contributed by atoms with Gasteiger partial charge in [0.1, 0.15) is 0 Å². The Morgan fingerprint density at radius 2 is 2.00 bits per heavy atom. The molecule has 1 aromatic rings. The topological polar surface area (TPSA) is 41.3 Å². The van der Waals surface area contributed by atoms with Crippen LogP contribution < -0.4 is 11.1 Å². The van der Waals surface area contributed by atoms with Crippen molar-refractivity contribution in [1.29, 1.82) is 0 Å². The monoisotopic (exact) mass is 301 g/mol. The van der Waals surface area contributed by atoms with Crippen LogP contribution in [0.4, 0.5) is 0 Å². The molecule has 106 valence electrons. The second kappa shape index (κ2) is 7.46. The molecule has 0 aromatic heterocycles. The zero-order valence-electron chi connectivity index (χ0n) is 11.0. The minimum atomic E-state index is 0.153. The van der Waals surface area contributed by atoms with Crippen LogP contribution in [0.2, 0.25) is 10.0 Å². The lowest BCUT2D eigenvalue weighted by atomic mass is 10.1. The highest BCUT2D eigenvalue weighted by Gasteiger charge is 2.16. The Hall–Kier alpha value is -0.320.